The van der Waals surface area contributed by atoms with Gasteiger partial charge in [0.1, 0.15) is 0 Å². The van der Waals surface area contributed by atoms with Crippen molar-refractivity contribution in [2.75, 3.05) is 5.32 Å². The number of para-hydroxylation sites is 1. The standard InChI is InChI=1S/C28H25ClN4O2/c29-23-13-11-20(12-14-23)27-22(18-33(32-27)25-7-2-1-3-8-25)16-26(34)30-17-19-5-4-6-24(15-19)31-28(35)21-9-10-21/h1-8,11-15,18,21H,9-10,16-17H2,(H,30,34)(H,31,35). The molecule has 5 rings (SSSR count). The molecule has 1 aromatic heterocycles. The second-order valence-electron chi connectivity index (χ2n) is 8.71. The van der Waals surface area contributed by atoms with Crippen LogP contribution in [-0.2, 0) is 22.6 Å². The van der Waals surface area contributed by atoms with Crippen LogP contribution in [-0.4, -0.2) is 21.6 Å². The topological polar surface area (TPSA) is 76.0 Å². The van der Waals surface area contributed by atoms with Crippen molar-refractivity contribution in [3.63, 3.8) is 0 Å². The molecule has 0 aliphatic heterocycles. The molecule has 1 saturated carbocycles. The van der Waals surface area contributed by atoms with Gasteiger partial charge < -0.3 is 10.6 Å². The molecule has 2 amide bonds. The molecule has 4 aromatic rings. The molecule has 0 bridgehead atoms. The molecule has 3 aromatic carbocycles. The van der Waals surface area contributed by atoms with Crippen molar-refractivity contribution in [3.8, 4) is 16.9 Å². The maximum Gasteiger partial charge on any atom is 0.227 e. The van der Waals surface area contributed by atoms with Crippen molar-refractivity contribution < 1.29 is 9.59 Å². The fourth-order valence-corrected chi connectivity index (χ4v) is 4.01. The second-order valence-corrected chi connectivity index (χ2v) is 9.14. The number of halogens is 1. The summed E-state index contributed by atoms with van der Waals surface area (Å²) < 4.78 is 1.79. The number of benzene rings is 3. The maximum absolute atomic E-state index is 12.9. The first-order chi connectivity index (χ1) is 17.0. The third kappa shape index (κ3) is 5.78. The Morgan fingerprint density at radius 3 is 2.49 bits per heavy atom. The molecule has 1 aliphatic rings. The van der Waals surface area contributed by atoms with E-state index in [2.05, 4.69) is 10.6 Å². The maximum atomic E-state index is 12.9. The number of hydrogen-bond acceptors (Lipinski definition) is 3. The monoisotopic (exact) mass is 484 g/mol. The Morgan fingerprint density at radius 2 is 1.74 bits per heavy atom. The average Bonchev–Trinajstić information content (AvgIpc) is 3.65. The highest BCUT2D eigenvalue weighted by Crippen LogP contribution is 2.30. The first kappa shape index (κ1) is 22.9. The van der Waals surface area contributed by atoms with Gasteiger partial charge in [0.2, 0.25) is 11.8 Å². The molecule has 7 heteroatoms. The van der Waals surface area contributed by atoms with E-state index in [1.165, 1.54) is 0 Å². The van der Waals surface area contributed by atoms with E-state index in [-0.39, 0.29) is 24.2 Å². The first-order valence-electron chi connectivity index (χ1n) is 11.6. The van der Waals surface area contributed by atoms with Gasteiger partial charge in [0.15, 0.2) is 0 Å². The normalized spacial score (nSPS) is 12.8. The summed E-state index contributed by atoms with van der Waals surface area (Å²) in [4.78, 5) is 24.9. The number of anilines is 1. The largest absolute Gasteiger partial charge is 0.352 e. The Kier molecular flexibility index (Phi) is 6.64. The predicted octanol–water partition coefficient (Wildman–Crippen LogP) is 5.40. The van der Waals surface area contributed by atoms with E-state index >= 15 is 0 Å². The van der Waals surface area contributed by atoms with Crippen LogP contribution in [0.2, 0.25) is 5.02 Å². The van der Waals surface area contributed by atoms with Gasteiger partial charge in [0, 0.05) is 40.5 Å². The van der Waals surface area contributed by atoms with Gasteiger partial charge in [-0.1, -0.05) is 54.1 Å². The van der Waals surface area contributed by atoms with Crippen LogP contribution in [0.25, 0.3) is 16.9 Å². The number of amides is 2. The Balaban J connectivity index is 1.30. The van der Waals surface area contributed by atoms with E-state index in [1.807, 2.05) is 85.1 Å². The Morgan fingerprint density at radius 1 is 0.971 bits per heavy atom. The van der Waals surface area contributed by atoms with Gasteiger partial charge in [-0.3, -0.25) is 9.59 Å². The van der Waals surface area contributed by atoms with Gasteiger partial charge in [-0.2, -0.15) is 5.10 Å². The van der Waals surface area contributed by atoms with Crippen LogP contribution in [0.4, 0.5) is 5.69 Å². The molecule has 35 heavy (non-hydrogen) atoms. The van der Waals surface area contributed by atoms with Crippen molar-refractivity contribution >= 4 is 29.1 Å². The number of rotatable bonds is 8. The zero-order valence-electron chi connectivity index (χ0n) is 19.1. The second kappa shape index (κ2) is 10.2. The number of nitrogens with one attached hydrogen (secondary N) is 2. The fraction of sp³-hybridized carbons (Fsp3) is 0.179. The minimum absolute atomic E-state index is 0.0661. The van der Waals surface area contributed by atoms with Crippen LogP contribution in [0.5, 0.6) is 0 Å². The first-order valence-corrected chi connectivity index (χ1v) is 12.0. The molecular formula is C28H25ClN4O2. The van der Waals surface area contributed by atoms with Crippen LogP contribution in [0, 0.1) is 5.92 Å². The van der Waals surface area contributed by atoms with E-state index in [0.717, 1.165) is 46.6 Å². The van der Waals surface area contributed by atoms with Crippen molar-refractivity contribution in [2.24, 2.45) is 5.92 Å². The summed E-state index contributed by atoms with van der Waals surface area (Å²) in [6.07, 6.45) is 4.00. The van der Waals surface area contributed by atoms with Gasteiger partial charge in [-0.25, -0.2) is 4.68 Å². The molecule has 0 spiro atoms. The summed E-state index contributed by atoms with van der Waals surface area (Å²) in [6, 6.07) is 24.8. The van der Waals surface area contributed by atoms with Crippen molar-refractivity contribution in [3.05, 3.63) is 101 Å². The van der Waals surface area contributed by atoms with Gasteiger partial charge >= 0.3 is 0 Å². The summed E-state index contributed by atoms with van der Waals surface area (Å²) in [5, 5.41) is 11.3. The Labute approximate surface area is 208 Å². The van der Waals surface area contributed by atoms with Crippen LogP contribution in [0.3, 0.4) is 0 Å². The zero-order chi connectivity index (χ0) is 24.2. The number of aromatic nitrogens is 2. The number of carbonyl (C=O) groups is 2. The van der Waals surface area contributed by atoms with E-state index in [4.69, 9.17) is 16.7 Å². The smallest absolute Gasteiger partial charge is 0.227 e. The fourth-order valence-electron chi connectivity index (χ4n) is 3.89. The molecule has 1 heterocycles. The summed E-state index contributed by atoms with van der Waals surface area (Å²) in [6.45, 7) is 0.370. The van der Waals surface area contributed by atoms with E-state index < -0.39 is 0 Å². The van der Waals surface area contributed by atoms with Gasteiger partial charge in [-0.15, -0.1) is 0 Å². The summed E-state index contributed by atoms with van der Waals surface area (Å²) >= 11 is 6.07. The van der Waals surface area contributed by atoms with Crippen LogP contribution < -0.4 is 10.6 Å². The Hall–Kier alpha value is -3.90. The number of nitrogens with zero attached hydrogens (tertiary/aromatic N) is 2. The van der Waals surface area contributed by atoms with E-state index in [0.29, 0.717) is 11.6 Å². The SMILES string of the molecule is O=C(Cc1cn(-c2ccccc2)nc1-c1ccc(Cl)cc1)NCc1cccc(NC(=O)C2CC2)c1. The van der Waals surface area contributed by atoms with E-state index in [1.54, 1.807) is 4.68 Å². The number of hydrogen-bond donors (Lipinski definition) is 2. The molecule has 1 fully saturated rings. The molecule has 0 atom stereocenters. The summed E-state index contributed by atoms with van der Waals surface area (Å²) in [7, 11) is 0. The van der Waals surface area contributed by atoms with Crippen molar-refractivity contribution in [2.45, 2.75) is 25.8 Å². The third-order valence-corrected chi connectivity index (χ3v) is 6.16. The van der Waals surface area contributed by atoms with Gasteiger partial charge in [-0.05, 0) is 54.8 Å². The number of carbonyl (C=O) groups excluding carboxylic acids is 2. The minimum Gasteiger partial charge on any atom is -0.352 e. The molecule has 176 valence electrons. The summed E-state index contributed by atoms with van der Waals surface area (Å²) in [5.74, 6) is 0.0987. The molecule has 2 N–H and O–H groups in total. The molecule has 6 nitrogen and oxygen atoms in total. The third-order valence-electron chi connectivity index (χ3n) is 5.91. The molecular weight excluding hydrogens is 460 g/mol. The molecule has 1 aliphatic carbocycles. The molecule has 0 unspecified atom stereocenters. The zero-order valence-corrected chi connectivity index (χ0v) is 19.8. The van der Waals surface area contributed by atoms with Gasteiger partial charge in [0.05, 0.1) is 17.8 Å². The van der Waals surface area contributed by atoms with Gasteiger partial charge in [0.25, 0.3) is 0 Å². The molecule has 0 radical (unpaired) electrons. The van der Waals surface area contributed by atoms with E-state index in [9.17, 15) is 9.59 Å². The lowest BCUT2D eigenvalue weighted by Crippen LogP contribution is -2.24. The lowest BCUT2D eigenvalue weighted by Gasteiger charge is -2.09. The van der Waals surface area contributed by atoms with Crippen LogP contribution >= 0.6 is 11.6 Å². The van der Waals surface area contributed by atoms with Crippen LogP contribution in [0.1, 0.15) is 24.0 Å². The predicted molar refractivity (Wildman–Crippen MR) is 137 cm³/mol. The Bertz CT molecular complexity index is 1350. The highest BCUT2D eigenvalue weighted by Gasteiger charge is 2.29. The average molecular weight is 485 g/mol. The highest BCUT2D eigenvalue weighted by atomic mass is 35.5. The molecule has 0 saturated heterocycles. The highest BCUT2D eigenvalue weighted by molar-refractivity contribution is 6.30. The van der Waals surface area contributed by atoms with Crippen molar-refractivity contribution in [1.82, 2.24) is 15.1 Å². The van der Waals surface area contributed by atoms with Crippen molar-refractivity contribution in [1.29, 1.82) is 0 Å². The quantitative estimate of drug-likeness (QED) is 0.351. The minimum atomic E-state index is -0.111. The summed E-state index contributed by atoms with van der Waals surface area (Å²) in [5.41, 5.74) is 5.04. The lowest BCUT2D eigenvalue weighted by atomic mass is 10.1. The van der Waals surface area contributed by atoms with Crippen LogP contribution in [0.15, 0.2) is 85.1 Å². The lowest BCUT2D eigenvalue weighted by molar-refractivity contribution is -0.120.